The van der Waals surface area contributed by atoms with Crippen molar-refractivity contribution in [2.45, 2.75) is 4.90 Å². The molecule has 0 aliphatic rings. The number of hydrogen-bond donors (Lipinski definition) is 0. The highest BCUT2D eigenvalue weighted by Crippen LogP contribution is 2.32. The normalized spacial score (nSPS) is 11.8. The molecule has 1 heterocycles. The fourth-order valence-corrected chi connectivity index (χ4v) is 3.76. The minimum atomic E-state index is -3.25. The van der Waals surface area contributed by atoms with Crippen LogP contribution in [0.2, 0.25) is 0 Å². The summed E-state index contributed by atoms with van der Waals surface area (Å²) in [5.41, 5.74) is 3.57. The van der Waals surface area contributed by atoms with Crippen LogP contribution >= 0.6 is 0 Å². The van der Waals surface area contributed by atoms with E-state index < -0.39 is 9.84 Å². The molecule has 3 nitrogen and oxygen atoms in total. The van der Waals surface area contributed by atoms with Crippen molar-refractivity contribution in [3.63, 3.8) is 0 Å². The van der Waals surface area contributed by atoms with Crippen LogP contribution in [0.3, 0.4) is 0 Å². The van der Waals surface area contributed by atoms with Gasteiger partial charge in [0.25, 0.3) is 0 Å². The molecule has 0 fully saturated rings. The van der Waals surface area contributed by atoms with Crippen molar-refractivity contribution in [1.29, 1.82) is 0 Å². The van der Waals surface area contributed by atoms with E-state index in [-0.39, 0.29) is 10.7 Å². The Kier molecular flexibility index (Phi) is 3.89. The van der Waals surface area contributed by atoms with Crippen molar-refractivity contribution in [3.05, 3.63) is 84.7 Å². The summed E-state index contributed by atoms with van der Waals surface area (Å²) in [5.74, 6) is -0.290. The predicted octanol–water partition coefficient (Wildman–Crippen LogP) is 4.84. The van der Waals surface area contributed by atoms with Gasteiger partial charge in [-0.1, -0.05) is 30.3 Å². The lowest BCUT2D eigenvalue weighted by Gasteiger charge is -2.11. The molecule has 0 atom stereocenters. The van der Waals surface area contributed by atoms with Crippen LogP contribution in [0.4, 0.5) is 4.39 Å². The van der Waals surface area contributed by atoms with Crippen molar-refractivity contribution in [3.8, 4) is 16.9 Å². The number of benzene rings is 3. The molecule has 3 aromatic carbocycles. The topological polar surface area (TPSA) is 39.1 Å². The molecule has 0 N–H and O–H groups in total. The SMILES string of the molecule is CS(=O)(=O)c1ccc(-c2cc3cc(F)ccc3n2-c2ccccc2)cc1. The molecule has 0 aliphatic carbocycles. The zero-order valence-electron chi connectivity index (χ0n) is 14.1. The average molecular weight is 365 g/mol. The Bertz CT molecular complexity index is 1190. The summed E-state index contributed by atoms with van der Waals surface area (Å²) in [5, 5.41) is 0.788. The van der Waals surface area contributed by atoms with Crippen molar-refractivity contribution >= 4 is 20.7 Å². The average Bonchev–Trinajstić information content (AvgIpc) is 3.00. The molecule has 4 rings (SSSR count). The van der Waals surface area contributed by atoms with E-state index in [1.54, 1.807) is 30.3 Å². The first-order valence-corrected chi connectivity index (χ1v) is 9.99. The molecule has 1 aromatic heterocycles. The smallest absolute Gasteiger partial charge is 0.175 e. The van der Waals surface area contributed by atoms with Crippen LogP contribution in [-0.4, -0.2) is 19.2 Å². The standard InChI is InChI=1S/C21H16FNO2S/c1-26(24,25)19-10-7-15(8-11-19)21-14-16-13-17(22)9-12-20(16)23(21)18-5-3-2-4-6-18/h2-14H,1H3. The van der Waals surface area contributed by atoms with Gasteiger partial charge in [-0.05, 0) is 54.1 Å². The Balaban J connectivity index is 1.97. The van der Waals surface area contributed by atoms with Gasteiger partial charge in [0.2, 0.25) is 0 Å². The first kappa shape index (κ1) is 16.5. The molecule has 0 spiro atoms. The fourth-order valence-electron chi connectivity index (χ4n) is 3.13. The van der Waals surface area contributed by atoms with E-state index in [0.29, 0.717) is 0 Å². The van der Waals surface area contributed by atoms with Gasteiger partial charge in [0, 0.05) is 17.3 Å². The summed E-state index contributed by atoms with van der Waals surface area (Å²) < 4.78 is 39.1. The third-order valence-electron chi connectivity index (χ3n) is 4.36. The molecule has 130 valence electrons. The predicted molar refractivity (Wildman–Crippen MR) is 102 cm³/mol. The highest BCUT2D eigenvalue weighted by molar-refractivity contribution is 7.90. The van der Waals surface area contributed by atoms with Gasteiger partial charge in [-0.25, -0.2) is 12.8 Å². The van der Waals surface area contributed by atoms with Crippen molar-refractivity contribution in [2.75, 3.05) is 6.26 Å². The molecule has 0 unspecified atom stereocenters. The van der Waals surface area contributed by atoms with Crippen LogP contribution in [0, 0.1) is 5.82 Å². The molecule has 0 amide bonds. The minimum Gasteiger partial charge on any atom is -0.309 e. The van der Waals surface area contributed by atoms with Crippen LogP contribution in [0.15, 0.2) is 83.8 Å². The van der Waals surface area contributed by atoms with E-state index >= 15 is 0 Å². The van der Waals surface area contributed by atoms with Gasteiger partial charge in [0.1, 0.15) is 5.82 Å². The number of para-hydroxylation sites is 1. The number of aromatic nitrogens is 1. The molecule has 4 aromatic rings. The van der Waals surface area contributed by atoms with Gasteiger partial charge in [0.05, 0.1) is 16.1 Å². The molecule has 5 heteroatoms. The minimum absolute atomic E-state index is 0.273. The summed E-state index contributed by atoms with van der Waals surface area (Å²) in [7, 11) is -3.25. The zero-order chi connectivity index (χ0) is 18.3. The molecule has 0 bridgehead atoms. The Morgan fingerprint density at radius 3 is 2.19 bits per heavy atom. The summed E-state index contributed by atoms with van der Waals surface area (Å²) >= 11 is 0. The van der Waals surface area contributed by atoms with E-state index in [4.69, 9.17) is 0 Å². The van der Waals surface area contributed by atoms with Gasteiger partial charge >= 0.3 is 0 Å². The van der Waals surface area contributed by atoms with Crippen molar-refractivity contribution in [2.24, 2.45) is 0 Å². The second-order valence-electron chi connectivity index (χ2n) is 6.20. The van der Waals surface area contributed by atoms with Gasteiger partial charge < -0.3 is 4.57 Å². The Morgan fingerprint density at radius 1 is 0.846 bits per heavy atom. The zero-order valence-corrected chi connectivity index (χ0v) is 14.9. The molecule has 0 aliphatic heterocycles. The lowest BCUT2D eigenvalue weighted by molar-refractivity contribution is 0.602. The van der Waals surface area contributed by atoms with Crippen molar-refractivity contribution in [1.82, 2.24) is 4.57 Å². The molecular formula is C21H16FNO2S. The number of nitrogens with zero attached hydrogens (tertiary/aromatic N) is 1. The second kappa shape index (κ2) is 6.11. The Labute approximate surface area is 151 Å². The summed E-state index contributed by atoms with van der Waals surface area (Å²) in [4.78, 5) is 0.273. The Hall–Kier alpha value is -2.92. The summed E-state index contributed by atoms with van der Waals surface area (Å²) in [6.07, 6.45) is 1.19. The van der Waals surface area contributed by atoms with Crippen LogP contribution < -0.4 is 0 Å². The summed E-state index contributed by atoms with van der Waals surface area (Å²) in [6, 6.07) is 23.2. The number of halogens is 1. The third-order valence-corrected chi connectivity index (χ3v) is 5.48. The van der Waals surface area contributed by atoms with E-state index in [1.165, 1.54) is 18.4 Å². The molecule has 0 radical (unpaired) electrons. The lowest BCUT2D eigenvalue weighted by Crippen LogP contribution is -1.98. The van der Waals surface area contributed by atoms with Crippen LogP contribution in [0.5, 0.6) is 0 Å². The van der Waals surface area contributed by atoms with Gasteiger partial charge in [0.15, 0.2) is 9.84 Å². The molecule has 26 heavy (non-hydrogen) atoms. The van der Waals surface area contributed by atoms with E-state index in [1.807, 2.05) is 41.0 Å². The highest BCUT2D eigenvalue weighted by Gasteiger charge is 2.14. The fraction of sp³-hybridized carbons (Fsp3) is 0.0476. The Morgan fingerprint density at radius 2 is 1.54 bits per heavy atom. The van der Waals surface area contributed by atoms with Gasteiger partial charge in [-0.15, -0.1) is 0 Å². The highest BCUT2D eigenvalue weighted by atomic mass is 32.2. The number of rotatable bonds is 3. The van der Waals surface area contributed by atoms with Crippen LogP contribution in [-0.2, 0) is 9.84 Å². The van der Waals surface area contributed by atoms with Gasteiger partial charge in [-0.3, -0.25) is 0 Å². The summed E-state index contributed by atoms with van der Waals surface area (Å²) in [6.45, 7) is 0. The van der Waals surface area contributed by atoms with Crippen molar-refractivity contribution < 1.29 is 12.8 Å². The maximum Gasteiger partial charge on any atom is 0.175 e. The second-order valence-corrected chi connectivity index (χ2v) is 8.22. The monoisotopic (exact) mass is 365 g/mol. The maximum atomic E-state index is 13.7. The van der Waals surface area contributed by atoms with E-state index in [0.717, 1.165) is 27.8 Å². The molecule has 0 saturated carbocycles. The number of sulfone groups is 1. The number of hydrogen-bond acceptors (Lipinski definition) is 2. The molecular weight excluding hydrogens is 349 g/mol. The van der Waals surface area contributed by atoms with E-state index in [2.05, 4.69) is 0 Å². The maximum absolute atomic E-state index is 13.7. The lowest BCUT2D eigenvalue weighted by atomic mass is 10.1. The van der Waals surface area contributed by atoms with Gasteiger partial charge in [-0.2, -0.15) is 0 Å². The largest absolute Gasteiger partial charge is 0.309 e. The third kappa shape index (κ3) is 2.91. The van der Waals surface area contributed by atoms with E-state index in [9.17, 15) is 12.8 Å². The quantitative estimate of drug-likeness (QED) is 0.521. The molecule has 0 saturated heterocycles. The first-order valence-electron chi connectivity index (χ1n) is 8.10. The first-order chi connectivity index (χ1) is 12.4. The van der Waals surface area contributed by atoms with Crippen LogP contribution in [0.25, 0.3) is 27.8 Å². The number of fused-ring (bicyclic) bond motifs is 1. The van der Waals surface area contributed by atoms with Crippen LogP contribution in [0.1, 0.15) is 0 Å².